The Balaban J connectivity index is 1.95. The fraction of sp³-hybridized carbons (Fsp3) is 0.545. The summed E-state index contributed by atoms with van der Waals surface area (Å²) in [6.07, 6.45) is 4.69. The van der Waals surface area contributed by atoms with E-state index in [0.717, 1.165) is 0 Å². The molecule has 0 saturated carbocycles. The van der Waals surface area contributed by atoms with Gasteiger partial charge in [-0.05, 0) is 38.2 Å². The predicted octanol–water partition coefficient (Wildman–Crippen LogP) is -0.528. The Morgan fingerprint density at radius 1 is 1.18 bits per heavy atom. The van der Waals surface area contributed by atoms with Crippen LogP contribution in [0.5, 0.6) is 0 Å². The number of amides is 5. The molecule has 11 nitrogen and oxygen atoms in total. The Hall–Kier alpha value is -3.50. The number of aldehydes is 1. The molecule has 3 N–H and O–H groups in total. The van der Waals surface area contributed by atoms with E-state index < -0.39 is 23.8 Å². The first-order valence-corrected chi connectivity index (χ1v) is 10.9. The Morgan fingerprint density at radius 2 is 1.88 bits per heavy atom. The zero-order valence-corrected chi connectivity index (χ0v) is 18.9. The van der Waals surface area contributed by atoms with Crippen LogP contribution < -0.4 is 16.0 Å². The third kappa shape index (κ3) is 7.55. The lowest BCUT2D eigenvalue weighted by Gasteiger charge is -2.31. The molecule has 1 atom stereocenters. The number of rotatable bonds is 11. The molecule has 0 aromatic carbocycles. The molecule has 0 bridgehead atoms. The second-order valence-electron chi connectivity index (χ2n) is 7.84. The van der Waals surface area contributed by atoms with Crippen molar-refractivity contribution in [1.29, 1.82) is 0 Å². The van der Waals surface area contributed by atoms with Crippen molar-refractivity contribution in [3.63, 3.8) is 0 Å². The minimum atomic E-state index is -0.848. The minimum Gasteiger partial charge on any atom is -0.483 e. The molecule has 180 valence electrons. The molecule has 0 aromatic heterocycles. The van der Waals surface area contributed by atoms with Crippen LogP contribution in [0.15, 0.2) is 23.0 Å². The number of nitrogens with zero attached hydrogens (tertiary/aromatic N) is 1. The van der Waals surface area contributed by atoms with Crippen LogP contribution in [-0.2, 0) is 33.5 Å². The molecular formula is C22H30N4O7. The molecule has 1 aliphatic carbocycles. The third-order valence-electron chi connectivity index (χ3n) is 5.32. The van der Waals surface area contributed by atoms with Crippen molar-refractivity contribution in [2.75, 3.05) is 26.7 Å². The Bertz CT molecular complexity index is 878. The number of unbranched alkanes of at least 4 members (excludes halogenated alkanes) is 1. The van der Waals surface area contributed by atoms with Gasteiger partial charge in [-0.25, -0.2) is 0 Å². The van der Waals surface area contributed by atoms with Gasteiger partial charge in [0.1, 0.15) is 18.1 Å². The van der Waals surface area contributed by atoms with Crippen LogP contribution in [0.25, 0.3) is 0 Å². The first kappa shape index (κ1) is 25.8. The Morgan fingerprint density at radius 3 is 2.52 bits per heavy atom. The van der Waals surface area contributed by atoms with E-state index in [1.165, 1.54) is 18.9 Å². The highest BCUT2D eigenvalue weighted by atomic mass is 16.5. The van der Waals surface area contributed by atoms with Gasteiger partial charge in [-0.15, -0.1) is 0 Å². The number of likely N-dealkylation sites (N-methyl/N-ethyl adjacent to an activating group) is 1. The highest BCUT2D eigenvalue weighted by molar-refractivity contribution is 6.06. The van der Waals surface area contributed by atoms with E-state index in [9.17, 15) is 28.8 Å². The summed E-state index contributed by atoms with van der Waals surface area (Å²) in [5.41, 5.74) is 0.251. The van der Waals surface area contributed by atoms with Crippen molar-refractivity contribution in [1.82, 2.24) is 20.9 Å². The van der Waals surface area contributed by atoms with E-state index >= 15 is 0 Å². The summed E-state index contributed by atoms with van der Waals surface area (Å²) < 4.78 is 5.57. The smallest absolute Gasteiger partial charge is 0.258 e. The zero-order chi connectivity index (χ0) is 24.4. The number of carbonyl (C=O) groups excluding carboxylic acids is 6. The summed E-state index contributed by atoms with van der Waals surface area (Å²) in [6, 6.07) is -0.848. The quantitative estimate of drug-likeness (QED) is 0.212. The van der Waals surface area contributed by atoms with Crippen molar-refractivity contribution in [3.8, 4) is 0 Å². The van der Waals surface area contributed by atoms with E-state index in [1.54, 1.807) is 6.08 Å². The number of hydrogen-bond donors (Lipinski definition) is 3. The molecule has 1 aliphatic heterocycles. The Kier molecular flexibility index (Phi) is 9.77. The molecule has 0 spiro atoms. The summed E-state index contributed by atoms with van der Waals surface area (Å²) in [5.74, 6) is -1.93. The molecule has 0 radical (unpaired) electrons. The Labute approximate surface area is 192 Å². The van der Waals surface area contributed by atoms with E-state index in [1.807, 2.05) is 0 Å². The number of carbonyl (C=O) groups is 6. The van der Waals surface area contributed by atoms with Crippen LogP contribution in [0.2, 0.25) is 0 Å². The van der Waals surface area contributed by atoms with Crippen LogP contribution in [0.3, 0.4) is 0 Å². The van der Waals surface area contributed by atoms with Crippen LogP contribution in [-0.4, -0.2) is 73.5 Å². The molecule has 2 aliphatic rings. The van der Waals surface area contributed by atoms with Gasteiger partial charge in [0, 0.05) is 39.1 Å². The largest absolute Gasteiger partial charge is 0.483 e. The van der Waals surface area contributed by atoms with Gasteiger partial charge >= 0.3 is 0 Å². The standard InChI is InChI=1S/C22H30N4O7/c1-14(28)23-10-3-4-11-24-19(30)13-33-17-7-5-6-15(12-27)20(17)22(32)26(2)16-8-9-18(29)25-21(16)31/h7,12,16H,3-6,8-11,13H2,1-2H3,(H,23,28)(H,24,30)(H,25,29,31). The van der Waals surface area contributed by atoms with Crippen molar-refractivity contribution in [2.45, 2.75) is 51.5 Å². The summed E-state index contributed by atoms with van der Waals surface area (Å²) in [5, 5.41) is 7.57. The van der Waals surface area contributed by atoms with Crippen molar-refractivity contribution < 1.29 is 33.5 Å². The molecule has 1 heterocycles. The van der Waals surface area contributed by atoms with Gasteiger partial charge in [0.05, 0.1) is 5.57 Å². The zero-order valence-electron chi connectivity index (χ0n) is 18.9. The van der Waals surface area contributed by atoms with Crippen molar-refractivity contribution in [2.24, 2.45) is 0 Å². The van der Waals surface area contributed by atoms with Crippen LogP contribution in [0, 0.1) is 0 Å². The summed E-state index contributed by atoms with van der Waals surface area (Å²) in [6.45, 7) is 2.02. The molecule has 1 unspecified atom stereocenters. The van der Waals surface area contributed by atoms with E-state index in [4.69, 9.17) is 4.74 Å². The first-order chi connectivity index (χ1) is 15.7. The molecule has 5 amide bonds. The lowest BCUT2D eigenvalue weighted by molar-refractivity contribution is -0.142. The van der Waals surface area contributed by atoms with Gasteiger partial charge in [-0.1, -0.05) is 0 Å². The van der Waals surface area contributed by atoms with Crippen LogP contribution >= 0.6 is 0 Å². The molecule has 1 fully saturated rings. The van der Waals surface area contributed by atoms with Gasteiger partial charge < -0.3 is 20.3 Å². The van der Waals surface area contributed by atoms with Gasteiger partial charge in [-0.3, -0.25) is 34.1 Å². The number of hydrogen-bond acceptors (Lipinski definition) is 7. The highest BCUT2D eigenvalue weighted by Crippen LogP contribution is 2.28. The van der Waals surface area contributed by atoms with Crippen LogP contribution in [0.4, 0.5) is 0 Å². The van der Waals surface area contributed by atoms with Gasteiger partial charge in [0.25, 0.3) is 11.8 Å². The first-order valence-electron chi connectivity index (χ1n) is 10.9. The summed E-state index contributed by atoms with van der Waals surface area (Å²) >= 11 is 0. The molecule has 33 heavy (non-hydrogen) atoms. The summed E-state index contributed by atoms with van der Waals surface area (Å²) in [7, 11) is 1.43. The number of allylic oxidation sites excluding steroid dienone is 2. The number of imide groups is 1. The molecule has 2 rings (SSSR count). The average molecular weight is 463 g/mol. The maximum atomic E-state index is 13.2. The number of nitrogens with one attached hydrogen (secondary N) is 3. The van der Waals surface area contributed by atoms with E-state index in [2.05, 4.69) is 16.0 Å². The fourth-order valence-corrected chi connectivity index (χ4v) is 3.54. The van der Waals surface area contributed by atoms with Crippen molar-refractivity contribution in [3.05, 3.63) is 23.0 Å². The molecule has 1 saturated heterocycles. The van der Waals surface area contributed by atoms with Gasteiger partial charge in [0.2, 0.25) is 17.7 Å². The fourth-order valence-electron chi connectivity index (χ4n) is 3.54. The second kappa shape index (κ2) is 12.5. The highest BCUT2D eigenvalue weighted by Gasteiger charge is 2.35. The third-order valence-corrected chi connectivity index (χ3v) is 5.32. The topological polar surface area (TPSA) is 151 Å². The predicted molar refractivity (Wildman–Crippen MR) is 116 cm³/mol. The lowest BCUT2D eigenvalue weighted by Crippen LogP contribution is -2.53. The van der Waals surface area contributed by atoms with Gasteiger partial charge in [0.15, 0.2) is 6.61 Å². The van der Waals surface area contributed by atoms with Crippen LogP contribution in [0.1, 0.15) is 45.4 Å². The van der Waals surface area contributed by atoms with E-state index in [0.29, 0.717) is 45.1 Å². The molecule has 11 heteroatoms. The lowest BCUT2D eigenvalue weighted by atomic mass is 9.94. The minimum absolute atomic E-state index is 0.0200. The van der Waals surface area contributed by atoms with Gasteiger partial charge in [-0.2, -0.15) is 0 Å². The van der Waals surface area contributed by atoms with E-state index in [-0.39, 0.29) is 48.2 Å². The molecule has 0 aromatic rings. The molecular weight excluding hydrogens is 432 g/mol. The normalized spacial score (nSPS) is 18.1. The summed E-state index contributed by atoms with van der Waals surface area (Å²) in [4.78, 5) is 72.4. The monoisotopic (exact) mass is 462 g/mol. The number of piperidine rings is 1. The van der Waals surface area contributed by atoms with Crippen molar-refractivity contribution >= 4 is 35.8 Å². The number of ether oxygens (including phenoxy) is 1. The average Bonchev–Trinajstić information content (AvgIpc) is 2.78. The second-order valence-corrected chi connectivity index (χ2v) is 7.84. The SMILES string of the molecule is CC(=O)NCCCCNC(=O)COC1=CCCC(C=O)=C1C(=O)N(C)C1CCC(=O)NC1=O. The maximum Gasteiger partial charge on any atom is 0.258 e. The maximum absolute atomic E-state index is 13.2.